The zero-order chi connectivity index (χ0) is 15.3. The molecule has 0 bridgehead atoms. The van der Waals surface area contributed by atoms with Crippen molar-refractivity contribution < 1.29 is 0 Å². The van der Waals surface area contributed by atoms with Crippen molar-refractivity contribution in [2.24, 2.45) is 0 Å². The highest BCUT2D eigenvalue weighted by atomic mass is 15.3. The molecule has 0 N–H and O–H groups in total. The van der Waals surface area contributed by atoms with E-state index in [1.54, 1.807) is 0 Å². The van der Waals surface area contributed by atoms with Crippen LogP contribution in [0, 0.1) is 6.92 Å². The molecule has 0 aliphatic carbocycles. The Morgan fingerprint density at radius 1 is 1.20 bits per heavy atom. The third-order valence-electron chi connectivity index (χ3n) is 3.22. The number of hydrogen-bond donors (Lipinski definition) is 0. The quantitative estimate of drug-likeness (QED) is 0.839. The molecular weight excluding hydrogens is 246 g/mol. The molecule has 1 heterocycles. The van der Waals surface area contributed by atoms with Crippen LogP contribution < -0.4 is 0 Å². The summed E-state index contributed by atoms with van der Waals surface area (Å²) in [5.41, 5.74) is 3.77. The Morgan fingerprint density at radius 3 is 2.40 bits per heavy atom. The lowest BCUT2D eigenvalue weighted by Crippen LogP contribution is -2.15. The van der Waals surface area contributed by atoms with Crippen LogP contribution in [0.2, 0.25) is 0 Å². The predicted molar refractivity (Wildman–Crippen MR) is 88.5 cm³/mol. The molecule has 3 nitrogen and oxygen atoms in total. The number of hydrogen-bond acceptors (Lipinski definition) is 2. The molecule has 3 heteroatoms. The molecule has 0 saturated carbocycles. The van der Waals surface area contributed by atoms with Crippen LogP contribution in [0.25, 0.3) is 10.9 Å². The summed E-state index contributed by atoms with van der Waals surface area (Å²) in [4.78, 5) is 2.20. The fourth-order valence-corrected chi connectivity index (χ4v) is 2.22. The van der Waals surface area contributed by atoms with Gasteiger partial charge in [0, 0.05) is 24.4 Å². The second kappa shape index (κ2) is 7.44. The average molecular weight is 275 g/mol. The molecule has 0 atom stereocenters. The van der Waals surface area contributed by atoms with Gasteiger partial charge in [0.2, 0.25) is 0 Å². The average Bonchev–Trinajstić information content (AvgIpc) is 2.76. The fourth-order valence-electron chi connectivity index (χ4n) is 2.22. The molecule has 0 aliphatic heterocycles. The van der Waals surface area contributed by atoms with Crippen molar-refractivity contribution in [1.82, 2.24) is 14.7 Å². The van der Waals surface area contributed by atoms with Crippen LogP contribution in [0.15, 0.2) is 18.2 Å². The number of nitrogens with zero attached hydrogens (tertiary/aromatic N) is 3. The highest BCUT2D eigenvalue weighted by Crippen LogP contribution is 2.23. The smallest absolute Gasteiger partial charge is 0.0716 e. The molecule has 0 fully saturated rings. The SMILES string of the molecule is CC.Cc1ccc2c(CCN(C)C)nn(C(C)C)c2c1. The standard InChI is InChI=1S/C15H23N3.C2H6/c1-11(2)18-15-10-12(3)6-7-13(15)14(16-18)8-9-17(4)5;1-2/h6-7,10-11H,8-9H2,1-5H3;1-2H3. The highest BCUT2D eigenvalue weighted by molar-refractivity contribution is 5.82. The number of aryl methyl sites for hydroxylation is 1. The fraction of sp³-hybridized carbons (Fsp3) is 0.588. The lowest BCUT2D eigenvalue weighted by molar-refractivity contribution is 0.410. The highest BCUT2D eigenvalue weighted by Gasteiger charge is 2.12. The van der Waals surface area contributed by atoms with Gasteiger partial charge in [-0.25, -0.2) is 0 Å². The first-order chi connectivity index (χ1) is 9.49. The Bertz CT molecular complexity index is 538. The summed E-state index contributed by atoms with van der Waals surface area (Å²) in [5.74, 6) is 0. The van der Waals surface area contributed by atoms with Crippen LogP contribution in [-0.4, -0.2) is 35.3 Å². The van der Waals surface area contributed by atoms with Crippen molar-refractivity contribution in [2.75, 3.05) is 20.6 Å². The third kappa shape index (κ3) is 3.83. The van der Waals surface area contributed by atoms with Gasteiger partial charge >= 0.3 is 0 Å². The molecule has 1 aromatic heterocycles. The van der Waals surface area contributed by atoms with Crippen molar-refractivity contribution in [1.29, 1.82) is 0 Å². The Hall–Kier alpha value is -1.35. The van der Waals surface area contributed by atoms with Gasteiger partial charge < -0.3 is 4.90 Å². The molecule has 1 aromatic carbocycles. The molecule has 0 spiro atoms. The Balaban J connectivity index is 0.000000956. The molecule has 0 aliphatic rings. The summed E-state index contributed by atoms with van der Waals surface area (Å²) >= 11 is 0. The predicted octanol–water partition coefficient (Wildman–Crippen LogP) is 4.06. The molecule has 112 valence electrons. The van der Waals surface area contributed by atoms with E-state index in [1.807, 2.05) is 13.8 Å². The van der Waals surface area contributed by atoms with E-state index in [1.165, 1.54) is 22.2 Å². The zero-order valence-corrected chi connectivity index (χ0v) is 14.1. The van der Waals surface area contributed by atoms with E-state index in [2.05, 4.69) is 62.6 Å². The topological polar surface area (TPSA) is 21.1 Å². The van der Waals surface area contributed by atoms with Gasteiger partial charge in [-0.1, -0.05) is 26.0 Å². The molecule has 0 amide bonds. The number of benzene rings is 1. The van der Waals surface area contributed by atoms with E-state index < -0.39 is 0 Å². The molecule has 0 unspecified atom stereocenters. The lowest BCUT2D eigenvalue weighted by Gasteiger charge is -2.08. The first-order valence-electron chi connectivity index (χ1n) is 7.61. The maximum atomic E-state index is 4.79. The Labute approximate surface area is 123 Å². The van der Waals surface area contributed by atoms with E-state index in [0.717, 1.165) is 13.0 Å². The van der Waals surface area contributed by atoms with Gasteiger partial charge in [0.15, 0.2) is 0 Å². The van der Waals surface area contributed by atoms with Crippen LogP contribution in [-0.2, 0) is 6.42 Å². The van der Waals surface area contributed by atoms with Gasteiger partial charge in [0.05, 0.1) is 11.2 Å². The summed E-state index contributed by atoms with van der Waals surface area (Å²) in [7, 11) is 4.21. The van der Waals surface area contributed by atoms with Gasteiger partial charge in [-0.3, -0.25) is 4.68 Å². The molecule has 20 heavy (non-hydrogen) atoms. The van der Waals surface area contributed by atoms with E-state index in [9.17, 15) is 0 Å². The lowest BCUT2D eigenvalue weighted by atomic mass is 10.1. The van der Waals surface area contributed by atoms with Crippen molar-refractivity contribution in [2.45, 2.75) is 47.1 Å². The number of rotatable bonds is 4. The summed E-state index contributed by atoms with van der Waals surface area (Å²) in [5, 5.41) is 6.09. The largest absolute Gasteiger partial charge is 0.309 e. The Kier molecular flexibility index (Phi) is 6.21. The molecule has 0 radical (unpaired) electrons. The summed E-state index contributed by atoms with van der Waals surface area (Å²) < 4.78 is 2.15. The van der Waals surface area contributed by atoms with Crippen molar-refractivity contribution in [3.8, 4) is 0 Å². The van der Waals surface area contributed by atoms with Crippen LogP contribution in [0.3, 0.4) is 0 Å². The van der Waals surface area contributed by atoms with Gasteiger partial charge in [0.25, 0.3) is 0 Å². The summed E-state index contributed by atoms with van der Waals surface area (Å²) in [6.07, 6.45) is 1.01. The van der Waals surface area contributed by atoms with Gasteiger partial charge in [0.1, 0.15) is 0 Å². The minimum atomic E-state index is 0.405. The van der Waals surface area contributed by atoms with Crippen LogP contribution in [0.1, 0.15) is 45.0 Å². The third-order valence-corrected chi connectivity index (χ3v) is 3.22. The van der Waals surface area contributed by atoms with Gasteiger partial charge in [-0.15, -0.1) is 0 Å². The minimum absolute atomic E-state index is 0.405. The number of fused-ring (bicyclic) bond motifs is 1. The normalized spacial score (nSPS) is 11.1. The van der Waals surface area contributed by atoms with Gasteiger partial charge in [-0.2, -0.15) is 5.10 Å². The maximum absolute atomic E-state index is 4.79. The van der Waals surface area contributed by atoms with Gasteiger partial charge in [-0.05, 0) is 46.5 Å². The minimum Gasteiger partial charge on any atom is -0.309 e. The molecule has 2 aromatic rings. The zero-order valence-electron chi connectivity index (χ0n) is 14.1. The van der Waals surface area contributed by atoms with E-state index in [4.69, 9.17) is 5.10 Å². The first kappa shape index (κ1) is 16.7. The van der Waals surface area contributed by atoms with E-state index >= 15 is 0 Å². The van der Waals surface area contributed by atoms with Crippen molar-refractivity contribution in [3.05, 3.63) is 29.5 Å². The molecular formula is C17H29N3. The molecule has 2 rings (SSSR count). The monoisotopic (exact) mass is 275 g/mol. The van der Waals surface area contributed by atoms with E-state index in [-0.39, 0.29) is 0 Å². The number of likely N-dealkylation sites (N-methyl/N-ethyl adjacent to an activating group) is 1. The van der Waals surface area contributed by atoms with Crippen molar-refractivity contribution in [3.63, 3.8) is 0 Å². The van der Waals surface area contributed by atoms with Crippen LogP contribution >= 0.6 is 0 Å². The van der Waals surface area contributed by atoms with Crippen molar-refractivity contribution >= 4 is 10.9 Å². The number of aromatic nitrogens is 2. The summed E-state index contributed by atoms with van der Waals surface area (Å²) in [6.45, 7) is 11.5. The van der Waals surface area contributed by atoms with Crippen LogP contribution in [0.4, 0.5) is 0 Å². The second-order valence-corrected chi connectivity index (χ2v) is 5.56. The second-order valence-electron chi connectivity index (χ2n) is 5.56. The summed E-state index contributed by atoms with van der Waals surface area (Å²) in [6, 6.07) is 7.03. The maximum Gasteiger partial charge on any atom is 0.0716 e. The first-order valence-corrected chi connectivity index (χ1v) is 7.61. The van der Waals surface area contributed by atoms with E-state index in [0.29, 0.717) is 6.04 Å². The Morgan fingerprint density at radius 2 is 1.85 bits per heavy atom. The molecule has 0 saturated heterocycles. The van der Waals surface area contributed by atoms with Crippen LogP contribution in [0.5, 0.6) is 0 Å².